The van der Waals surface area contributed by atoms with Gasteiger partial charge in [-0.3, -0.25) is 0 Å². The smallest absolute Gasteiger partial charge is 0.0284 e. The molecule has 0 aliphatic rings. The van der Waals surface area contributed by atoms with Gasteiger partial charge in [0.2, 0.25) is 0 Å². The van der Waals surface area contributed by atoms with Gasteiger partial charge in [-0.1, -0.05) is 203 Å². The highest BCUT2D eigenvalue weighted by atomic mass is 14.1. The van der Waals surface area contributed by atoms with Crippen molar-refractivity contribution >= 4 is 0 Å². The molecule has 0 saturated carbocycles. The van der Waals surface area contributed by atoms with Crippen LogP contribution in [0.5, 0.6) is 0 Å². The van der Waals surface area contributed by atoms with Crippen LogP contribution in [0.3, 0.4) is 0 Å². The molecule has 0 aromatic heterocycles. The fraction of sp³-hybridized carbons (Fsp3) is 0.424. The second-order valence-electron chi connectivity index (χ2n) is 18.3. The van der Waals surface area contributed by atoms with Crippen LogP contribution >= 0.6 is 0 Å². The molecule has 0 saturated heterocycles. The summed E-state index contributed by atoms with van der Waals surface area (Å²) in [5.74, 6) is 28.2. The molecule has 0 atom stereocenters. The van der Waals surface area contributed by atoms with Gasteiger partial charge in [-0.25, -0.2) is 0 Å². The molecule has 0 radical (unpaired) electrons. The van der Waals surface area contributed by atoms with Gasteiger partial charge in [-0.2, -0.15) is 0 Å². The Morgan fingerprint density at radius 3 is 0.742 bits per heavy atom. The van der Waals surface area contributed by atoms with Crippen LogP contribution in [-0.4, -0.2) is 0 Å². The van der Waals surface area contributed by atoms with Crippen LogP contribution in [-0.2, 0) is 38.5 Å². The van der Waals surface area contributed by atoms with E-state index in [0.717, 1.165) is 109 Å². The largest absolute Gasteiger partial charge is 0.0654 e. The summed E-state index contributed by atoms with van der Waals surface area (Å²) in [7, 11) is 0. The summed E-state index contributed by atoms with van der Waals surface area (Å²) >= 11 is 0. The van der Waals surface area contributed by atoms with E-state index in [4.69, 9.17) is 0 Å². The molecule has 0 unspecified atom stereocenters. The van der Waals surface area contributed by atoms with Gasteiger partial charge in [0.1, 0.15) is 0 Å². The highest BCUT2D eigenvalue weighted by Crippen LogP contribution is 2.23. The molecule has 0 heterocycles. The van der Waals surface area contributed by atoms with Crippen LogP contribution in [0, 0.1) is 47.4 Å². The second kappa shape index (κ2) is 29.8. The molecule has 0 N–H and O–H groups in total. The molecule has 0 spiro atoms. The van der Waals surface area contributed by atoms with E-state index in [9.17, 15) is 0 Å². The van der Waals surface area contributed by atoms with Crippen molar-refractivity contribution in [3.63, 3.8) is 0 Å². The third kappa shape index (κ3) is 17.6. The predicted molar refractivity (Wildman–Crippen MR) is 286 cm³/mol. The van der Waals surface area contributed by atoms with E-state index in [1.807, 2.05) is 0 Å². The van der Waals surface area contributed by atoms with E-state index in [-0.39, 0.29) is 0 Å². The summed E-state index contributed by atoms with van der Waals surface area (Å²) in [5.41, 5.74) is 16.6. The standard InChI is InChI=1S/C66H78/c1-7-13-15-17-19-21-27-53-29-33-55(34-30-53)41-45-63-49-61(25-11-5)65(51-59(63)23-9-3)47-43-57-37-39-58(40-38-57)44-48-66-52-60(24-10-4)64(50-62(66)26-12-6)46-42-56-35-31-54(32-36-56)28-22-20-18-16-14-8-2/h29-40,49-52H,7-28H2,1-6H3. The molecule has 66 heavy (non-hydrogen) atoms. The van der Waals surface area contributed by atoms with E-state index in [0.29, 0.717) is 0 Å². The highest BCUT2D eigenvalue weighted by Gasteiger charge is 2.10. The van der Waals surface area contributed by atoms with Crippen molar-refractivity contribution in [1.29, 1.82) is 0 Å². The first-order chi connectivity index (χ1) is 32.5. The van der Waals surface area contributed by atoms with Crippen molar-refractivity contribution < 1.29 is 0 Å². The zero-order chi connectivity index (χ0) is 46.6. The topological polar surface area (TPSA) is 0 Å². The minimum atomic E-state index is 0.980. The van der Waals surface area contributed by atoms with E-state index in [1.165, 1.54) is 110 Å². The Hall–Kier alpha value is -5.66. The monoisotopic (exact) mass is 871 g/mol. The molecule has 5 aromatic rings. The van der Waals surface area contributed by atoms with Crippen LogP contribution in [0.2, 0.25) is 0 Å². The Balaban J connectivity index is 1.28. The second-order valence-corrected chi connectivity index (χ2v) is 18.3. The number of benzene rings is 5. The van der Waals surface area contributed by atoms with Crippen LogP contribution < -0.4 is 0 Å². The minimum Gasteiger partial charge on any atom is -0.0654 e. The van der Waals surface area contributed by atoms with Crippen molar-refractivity contribution in [2.45, 2.75) is 183 Å². The number of rotatable bonds is 22. The van der Waals surface area contributed by atoms with Gasteiger partial charge in [0.05, 0.1) is 0 Å². The summed E-state index contributed by atoms with van der Waals surface area (Å²) in [5, 5.41) is 0. The van der Waals surface area contributed by atoms with Crippen LogP contribution in [0.1, 0.15) is 222 Å². The molecule has 0 heteroatoms. The number of aryl methyl sites for hydroxylation is 6. The fourth-order valence-electron chi connectivity index (χ4n) is 8.67. The number of hydrogen-bond acceptors (Lipinski definition) is 0. The SMILES string of the molecule is CCCCCCCCc1ccc(C#Cc2cc(CCC)c(C#Cc3ccc(C#Cc4cc(CCC)c(C#Cc5ccc(CCCCCCCC)cc5)cc4CCC)cc3)cc2CCC)cc1. The highest BCUT2D eigenvalue weighted by molar-refractivity contribution is 5.58. The third-order valence-electron chi connectivity index (χ3n) is 12.5. The van der Waals surface area contributed by atoms with Gasteiger partial charge in [0.25, 0.3) is 0 Å². The van der Waals surface area contributed by atoms with Gasteiger partial charge in [0, 0.05) is 44.5 Å². The van der Waals surface area contributed by atoms with Crippen LogP contribution in [0.15, 0.2) is 97.1 Å². The zero-order valence-electron chi connectivity index (χ0n) is 41.8. The van der Waals surface area contributed by atoms with Gasteiger partial charge in [-0.15, -0.1) is 0 Å². The molecule has 0 bridgehead atoms. The Morgan fingerprint density at radius 2 is 0.485 bits per heavy atom. The molecule has 0 aliphatic heterocycles. The molecule has 0 fully saturated rings. The first-order valence-electron chi connectivity index (χ1n) is 26.1. The molecule has 5 aromatic carbocycles. The zero-order valence-corrected chi connectivity index (χ0v) is 41.8. The summed E-state index contributed by atoms with van der Waals surface area (Å²) in [6.45, 7) is 13.5. The lowest BCUT2D eigenvalue weighted by Crippen LogP contribution is -1.98. The first-order valence-corrected chi connectivity index (χ1v) is 26.1. The van der Waals surface area contributed by atoms with E-state index >= 15 is 0 Å². The van der Waals surface area contributed by atoms with Crippen LogP contribution in [0.25, 0.3) is 0 Å². The van der Waals surface area contributed by atoms with E-state index in [2.05, 4.69) is 186 Å². The molecule has 5 rings (SSSR count). The van der Waals surface area contributed by atoms with Crippen molar-refractivity contribution in [2.75, 3.05) is 0 Å². The quantitative estimate of drug-likeness (QED) is 0.0480. The molecule has 0 amide bonds. The Kier molecular flexibility index (Phi) is 23.2. The van der Waals surface area contributed by atoms with E-state index < -0.39 is 0 Å². The van der Waals surface area contributed by atoms with Crippen molar-refractivity contribution in [3.05, 3.63) is 175 Å². The van der Waals surface area contributed by atoms with Gasteiger partial charge >= 0.3 is 0 Å². The molecule has 342 valence electrons. The first kappa shape index (κ1) is 51.3. The number of hydrogen-bond donors (Lipinski definition) is 0. The van der Waals surface area contributed by atoms with Crippen molar-refractivity contribution in [2.24, 2.45) is 0 Å². The third-order valence-corrected chi connectivity index (χ3v) is 12.5. The summed E-state index contributed by atoms with van der Waals surface area (Å²) in [6.07, 6.45) is 26.5. The number of unbranched alkanes of at least 4 members (excludes halogenated alkanes) is 10. The van der Waals surface area contributed by atoms with Crippen molar-refractivity contribution in [1.82, 2.24) is 0 Å². The average molecular weight is 871 g/mol. The minimum absolute atomic E-state index is 0.980. The maximum Gasteiger partial charge on any atom is 0.0284 e. The lowest BCUT2D eigenvalue weighted by Gasteiger charge is -2.10. The fourth-order valence-corrected chi connectivity index (χ4v) is 8.67. The molecular weight excluding hydrogens is 793 g/mol. The van der Waals surface area contributed by atoms with Crippen molar-refractivity contribution in [3.8, 4) is 47.4 Å². The normalized spacial score (nSPS) is 10.5. The summed E-state index contributed by atoms with van der Waals surface area (Å²) < 4.78 is 0. The molecular formula is C66H78. The average Bonchev–Trinajstić information content (AvgIpc) is 3.34. The lowest BCUT2D eigenvalue weighted by molar-refractivity contribution is 0.607. The summed E-state index contributed by atoms with van der Waals surface area (Å²) in [4.78, 5) is 0. The van der Waals surface area contributed by atoms with E-state index in [1.54, 1.807) is 0 Å². The Labute approximate surface area is 403 Å². The van der Waals surface area contributed by atoms with Gasteiger partial charge in [0.15, 0.2) is 0 Å². The lowest BCUT2D eigenvalue weighted by atomic mass is 9.93. The maximum atomic E-state index is 3.57. The van der Waals surface area contributed by atoms with Gasteiger partial charge in [-0.05, 0) is 158 Å². The molecule has 0 nitrogen and oxygen atoms in total. The Bertz CT molecular complexity index is 2300. The van der Waals surface area contributed by atoms with Crippen LogP contribution in [0.4, 0.5) is 0 Å². The Morgan fingerprint density at radius 1 is 0.242 bits per heavy atom. The van der Waals surface area contributed by atoms with Gasteiger partial charge < -0.3 is 0 Å². The predicted octanol–water partition coefficient (Wildman–Crippen LogP) is 16.9. The molecule has 0 aliphatic carbocycles. The maximum absolute atomic E-state index is 3.57. The summed E-state index contributed by atoms with van der Waals surface area (Å²) in [6, 6.07) is 35.5.